The molecule has 1 unspecified atom stereocenters. The van der Waals surface area contributed by atoms with Gasteiger partial charge in [-0.25, -0.2) is 0 Å². The Morgan fingerprint density at radius 1 is 1.67 bits per heavy atom. The van der Waals surface area contributed by atoms with Crippen LogP contribution in [0.3, 0.4) is 0 Å². The fourth-order valence-electron chi connectivity index (χ4n) is 1.36. The Hall–Kier alpha value is -0.530. The van der Waals surface area contributed by atoms with Crippen LogP contribution >= 0.6 is 24.0 Å². The van der Waals surface area contributed by atoms with Gasteiger partial charge in [0, 0.05) is 0 Å². The van der Waals surface area contributed by atoms with E-state index in [4.69, 9.17) is 12.2 Å². The molecule has 0 spiro atoms. The molecule has 1 aliphatic rings. The van der Waals surface area contributed by atoms with Crippen molar-refractivity contribution >= 4 is 35.1 Å². The molecule has 1 rings (SSSR count). The number of carboxylic acids is 1. The molecule has 15 heavy (non-hydrogen) atoms. The Labute approximate surface area is 98.6 Å². The molecule has 1 atom stereocenters. The standard InChI is InChI=1S/C8H15N3O2S2/c1-15-3-2-6(7(12)13)11-4-9-8(14)10-5-11/h6H,2-5H2,1H3,(H,12,13)(H2,9,10,14)/p-1. The van der Waals surface area contributed by atoms with Crippen molar-refractivity contribution in [2.75, 3.05) is 25.3 Å². The number of hydrogen-bond acceptors (Lipinski definition) is 5. The maximum Gasteiger partial charge on any atom is 0.168 e. The topological polar surface area (TPSA) is 67.4 Å². The van der Waals surface area contributed by atoms with E-state index < -0.39 is 12.0 Å². The van der Waals surface area contributed by atoms with Gasteiger partial charge >= 0.3 is 0 Å². The summed E-state index contributed by atoms with van der Waals surface area (Å²) in [5.74, 6) is -0.222. The second-order valence-electron chi connectivity index (χ2n) is 3.20. The Morgan fingerprint density at radius 3 is 2.73 bits per heavy atom. The molecular formula is C8H14N3O2S2-. The molecule has 0 amide bonds. The van der Waals surface area contributed by atoms with Crippen LogP contribution in [0.15, 0.2) is 0 Å². The van der Waals surface area contributed by atoms with Crippen molar-refractivity contribution in [2.24, 2.45) is 0 Å². The van der Waals surface area contributed by atoms with Gasteiger partial charge in [0.15, 0.2) is 5.11 Å². The van der Waals surface area contributed by atoms with Crippen molar-refractivity contribution in [2.45, 2.75) is 12.5 Å². The van der Waals surface area contributed by atoms with Crippen molar-refractivity contribution in [3.8, 4) is 0 Å². The number of carboxylic acid groups (broad SMARTS) is 1. The number of nitrogens with one attached hydrogen (secondary N) is 2. The van der Waals surface area contributed by atoms with Crippen LogP contribution in [0.2, 0.25) is 0 Å². The highest BCUT2D eigenvalue weighted by atomic mass is 32.2. The lowest BCUT2D eigenvalue weighted by Gasteiger charge is -2.36. The lowest BCUT2D eigenvalue weighted by atomic mass is 10.2. The van der Waals surface area contributed by atoms with Crippen molar-refractivity contribution < 1.29 is 9.90 Å². The molecule has 0 saturated carbocycles. The van der Waals surface area contributed by atoms with E-state index in [-0.39, 0.29) is 0 Å². The molecule has 0 bridgehead atoms. The number of rotatable bonds is 5. The summed E-state index contributed by atoms with van der Waals surface area (Å²) in [5, 5.41) is 17.3. The zero-order valence-corrected chi connectivity index (χ0v) is 10.1. The molecule has 1 saturated heterocycles. The summed E-state index contributed by atoms with van der Waals surface area (Å²) in [5.41, 5.74) is 0. The lowest BCUT2D eigenvalue weighted by Crippen LogP contribution is -2.60. The van der Waals surface area contributed by atoms with Crippen LogP contribution in [0.4, 0.5) is 0 Å². The molecule has 5 nitrogen and oxygen atoms in total. The molecule has 0 radical (unpaired) electrons. The van der Waals surface area contributed by atoms with Gasteiger partial charge in [-0.1, -0.05) is 0 Å². The van der Waals surface area contributed by atoms with E-state index in [1.54, 1.807) is 16.7 Å². The number of carbonyl (C=O) groups is 1. The van der Waals surface area contributed by atoms with Crippen LogP contribution in [0.5, 0.6) is 0 Å². The van der Waals surface area contributed by atoms with Gasteiger partial charge in [0.2, 0.25) is 0 Å². The number of thioether (sulfide) groups is 1. The first-order chi connectivity index (χ1) is 7.15. The van der Waals surface area contributed by atoms with Crippen LogP contribution in [0.25, 0.3) is 0 Å². The van der Waals surface area contributed by atoms with Gasteiger partial charge in [-0.3, -0.25) is 4.90 Å². The minimum Gasteiger partial charge on any atom is -0.548 e. The monoisotopic (exact) mass is 248 g/mol. The van der Waals surface area contributed by atoms with E-state index in [1.807, 2.05) is 6.26 Å². The molecule has 0 aromatic carbocycles. The smallest absolute Gasteiger partial charge is 0.168 e. The normalized spacial score (nSPS) is 19.1. The first kappa shape index (κ1) is 12.5. The largest absolute Gasteiger partial charge is 0.548 e. The quantitative estimate of drug-likeness (QED) is 0.577. The Kier molecular flexibility index (Phi) is 5.13. The highest BCUT2D eigenvalue weighted by molar-refractivity contribution is 7.98. The molecule has 86 valence electrons. The molecule has 1 fully saturated rings. The van der Waals surface area contributed by atoms with Crippen LogP contribution in [-0.2, 0) is 4.79 Å². The Bertz CT molecular complexity index is 240. The van der Waals surface area contributed by atoms with E-state index in [2.05, 4.69) is 10.6 Å². The third kappa shape index (κ3) is 3.84. The number of nitrogens with zero attached hydrogens (tertiary/aromatic N) is 1. The summed E-state index contributed by atoms with van der Waals surface area (Å²) in [6.07, 6.45) is 2.54. The molecule has 0 aromatic heterocycles. The van der Waals surface area contributed by atoms with Crippen molar-refractivity contribution in [1.82, 2.24) is 15.5 Å². The SMILES string of the molecule is CSCCC(C(=O)[O-])N1CNC(=S)NC1. The Morgan fingerprint density at radius 2 is 2.27 bits per heavy atom. The third-order valence-corrected chi connectivity index (χ3v) is 3.13. The van der Waals surface area contributed by atoms with E-state index in [0.29, 0.717) is 24.9 Å². The van der Waals surface area contributed by atoms with Crippen molar-refractivity contribution in [1.29, 1.82) is 0 Å². The fraction of sp³-hybridized carbons (Fsp3) is 0.750. The summed E-state index contributed by atoms with van der Waals surface area (Å²) in [4.78, 5) is 12.7. The van der Waals surface area contributed by atoms with Crippen molar-refractivity contribution in [3.63, 3.8) is 0 Å². The summed E-state index contributed by atoms with van der Waals surface area (Å²) in [6, 6.07) is -0.555. The van der Waals surface area contributed by atoms with Crippen LogP contribution in [0.1, 0.15) is 6.42 Å². The number of thiocarbonyl (C=S) groups is 1. The minimum atomic E-state index is -1.03. The fourth-order valence-corrected chi connectivity index (χ4v) is 1.95. The average molecular weight is 248 g/mol. The molecule has 2 N–H and O–H groups in total. The molecule has 7 heteroatoms. The van der Waals surface area contributed by atoms with Gasteiger partial charge in [-0.05, 0) is 30.6 Å². The predicted octanol–water partition coefficient (Wildman–Crippen LogP) is -1.45. The lowest BCUT2D eigenvalue weighted by molar-refractivity contribution is -0.312. The van der Waals surface area contributed by atoms with E-state index in [1.165, 1.54) is 0 Å². The number of aliphatic carboxylic acids is 1. The second kappa shape index (κ2) is 6.14. The van der Waals surface area contributed by atoms with E-state index in [0.717, 1.165) is 5.75 Å². The summed E-state index contributed by atoms with van der Waals surface area (Å²) < 4.78 is 0. The number of hydrogen-bond donors (Lipinski definition) is 2. The van der Waals surface area contributed by atoms with Crippen molar-refractivity contribution in [3.05, 3.63) is 0 Å². The highest BCUT2D eigenvalue weighted by Gasteiger charge is 2.22. The first-order valence-electron chi connectivity index (χ1n) is 4.60. The van der Waals surface area contributed by atoms with Crippen LogP contribution in [-0.4, -0.2) is 47.4 Å². The maximum absolute atomic E-state index is 10.9. The molecule has 0 aliphatic carbocycles. The van der Waals surface area contributed by atoms with Gasteiger partial charge in [-0.2, -0.15) is 11.8 Å². The zero-order valence-electron chi connectivity index (χ0n) is 8.49. The molecule has 1 heterocycles. The highest BCUT2D eigenvalue weighted by Crippen LogP contribution is 2.07. The van der Waals surface area contributed by atoms with Gasteiger partial charge in [0.1, 0.15) is 0 Å². The first-order valence-corrected chi connectivity index (χ1v) is 6.41. The maximum atomic E-state index is 10.9. The molecular weight excluding hydrogens is 234 g/mol. The third-order valence-electron chi connectivity index (χ3n) is 2.19. The average Bonchev–Trinajstić information content (AvgIpc) is 2.21. The minimum absolute atomic E-state index is 0.457. The van der Waals surface area contributed by atoms with Gasteiger partial charge in [0.25, 0.3) is 0 Å². The predicted molar refractivity (Wildman–Crippen MR) is 62.2 cm³/mol. The van der Waals surface area contributed by atoms with Crippen LogP contribution in [0, 0.1) is 0 Å². The Balaban J connectivity index is 2.48. The summed E-state index contributed by atoms with van der Waals surface area (Å²) in [6.45, 7) is 0.914. The van der Waals surface area contributed by atoms with Crippen LogP contribution < -0.4 is 15.7 Å². The van der Waals surface area contributed by atoms with Gasteiger partial charge in [0.05, 0.1) is 25.3 Å². The summed E-state index contributed by atoms with van der Waals surface area (Å²) in [7, 11) is 0. The molecule has 1 aliphatic heterocycles. The van der Waals surface area contributed by atoms with Gasteiger partial charge in [-0.15, -0.1) is 0 Å². The molecule has 0 aromatic rings. The van der Waals surface area contributed by atoms with Gasteiger partial charge < -0.3 is 20.5 Å². The summed E-state index contributed by atoms with van der Waals surface area (Å²) >= 11 is 6.51. The number of carbonyl (C=O) groups excluding carboxylic acids is 1. The van der Waals surface area contributed by atoms with E-state index in [9.17, 15) is 9.90 Å². The van der Waals surface area contributed by atoms with E-state index >= 15 is 0 Å². The second-order valence-corrected chi connectivity index (χ2v) is 4.60. The zero-order chi connectivity index (χ0) is 11.3.